The Balaban J connectivity index is 2.14. The van der Waals surface area contributed by atoms with E-state index in [0.29, 0.717) is 19.2 Å². The lowest BCUT2D eigenvalue weighted by molar-refractivity contribution is 0.0395. The summed E-state index contributed by atoms with van der Waals surface area (Å²) >= 11 is 0. The third-order valence-corrected chi connectivity index (χ3v) is 3.20. The molecule has 1 aromatic carbocycles. The first-order valence-corrected chi connectivity index (χ1v) is 5.60. The molecule has 1 aliphatic heterocycles. The fourth-order valence-electron chi connectivity index (χ4n) is 1.85. The second-order valence-electron chi connectivity index (χ2n) is 4.68. The van der Waals surface area contributed by atoms with Gasteiger partial charge in [-0.05, 0) is 20.2 Å². The average molecular weight is 255 g/mol. The van der Waals surface area contributed by atoms with Crippen molar-refractivity contribution in [1.82, 2.24) is 9.80 Å². The van der Waals surface area contributed by atoms with Gasteiger partial charge in [0.15, 0.2) is 0 Å². The van der Waals surface area contributed by atoms with Crippen molar-refractivity contribution in [2.45, 2.75) is 6.04 Å². The molecule has 2 N–H and O–H groups in total. The Kier molecular flexibility index (Phi) is 3.21. The highest BCUT2D eigenvalue weighted by Crippen LogP contribution is 2.21. The number of anilines is 1. The van der Waals surface area contributed by atoms with E-state index in [-0.39, 0.29) is 17.3 Å². The van der Waals surface area contributed by atoms with Gasteiger partial charge in [-0.15, -0.1) is 0 Å². The molecule has 0 unspecified atom stereocenters. The summed E-state index contributed by atoms with van der Waals surface area (Å²) in [6, 6.07) is 1.98. The minimum Gasteiger partial charge on any atom is -0.396 e. The fourth-order valence-corrected chi connectivity index (χ4v) is 1.85. The molecule has 0 spiro atoms. The summed E-state index contributed by atoms with van der Waals surface area (Å²) in [6.07, 6.45) is 0. The summed E-state index contributed by atoms with van der Waals surface area (Å²) in [4.78, 5) is 15.5. The van der Waals surface area contributed by atoms with Gasteiger partial charge in [0.2, 0.25) is 0 Å². The summed E-state index contributed by atoms with van der Waals surface area (Å²) in [5.74, 6) is -2.17. The van der Waals surface area contributed by atoms with E-state index in [9.17, 15) is 13.6 Å². The van der Waals surface area contributed by atoms with Crippen molar-refractivity contribution in [3.8, 4) is 0 Å². The van der Waals surface area contributed by atoms with E-state index in [2.05, 4.69) is 0 Å². The van der Waals surface area contributed by atoms with E-state index < -0.39 is 17.5 Å². The Labute approximate surface area is 104 Å². The fraction of sp³-hybridized carbons (Fsp3) is 0.417. The average Bonchev–Trinajstić information content (AvgIpc) is 2.20. The molecule has 1 aromatic rings. The molecule has 1 fully saturated rings. The number of carbonyl (C=O) groups excluding carboxylic acids is 1. The number of nitrogen functional groups attached to an aromatic ring is 1. The van der Waals surface area contributed by atoms with E-state index in [1.807, 2.05) is 19.0 Å². The van der Waals surface area contributed by atoms with Crippen molar-refractivity contribution in [2.24, 2.45) is 0 Å². The molecular formula is C12H15F2N3O. The van der Waals surface area contributed by atoms with Crippen LogP contribution in [0.5, 0.6) is 0 Å². The Morgan fingerprint density at radius 1 is 1.33 bits per heavy atom. The van der Waals surface area contributed by atoms with Crippen LogP contribution in [0.1, 0.15) is 10.4 Å². The molecule has 0 saturated carbocycles. The molecule has 2 rings (SSSR count). The van der Waals surface area contributed by atoms with Gasteiger partial charge in [0.1, 0.15) is 11.6 Å². The molecule has 0 aliphatic carbocycles. The minimum absolute atomic E-state index is 0.175. The molecule has 6 heteroatoms. The maximum absolute atomic E-state index is 13.5. The van der Waals surface area contributed by atoms with Gasteiger partial charge in [0.25, 0.3) is 5.91 Å². The van der Waals surface area contributed by atoms with Gasteiger partial charge in [0.05, 0.1) is 11.3 Å². The normalized spacial score (nSPS) is 15.9. The van der Waals surface area contributed by atoms with Gasteiger partial charge in [-0.2, -0.15) is 0 Å². The van der Waals surface area contributed by atoms with Crippen LogP contribution in [0.3, 0.4) is 0 Å². The number of likely N-dealkylation sites (N-methyl/N-ethyl adjacent to an activating group) is 1. The van der Waals surface area contributed by atoms with Crippen LogP contribution >= 0.6 is 0 Å². The second-order valence-corrected chi connectivity index (χ2v) is 4.68. The lowest BCUT2D eigenvalue weighted by Gasteiger charge is -2.42. The third-order valence-electron chi connectivity index (χ3n) is 3.20. The maximum atomic E-state index is 13.5. The van der Waals surface area contributed by atoms with E-state index >= 15 is 0 Å². The monoisotopic (exact) mass is 255 g/mol. The summed E-state index contributed by atoms with van der Waals surface area (Å²) in [6.45, 7) is 1.09. The first kappa shape index (κ1) is 12.8. The zero-order chi connectivity index (χ0) is 13.4. The van der Waals surface area contributed by atoms with Gasteiger partial charge < -0.3 is 15.5 Å². The first-order valence-electron chi connectivity index (χ1n) is 5.60. The van der Waals surface area contributed by atoms with Crippen molar-refractivity contribution in [1.29, 1.82) is 0 Å². The summed E-state index contributed by atoms with van der Waals surface area (Å²) < 4.78 is 26.5. The number of carbonyl (C=O) groups is 1. The number of halogens is 2. The molecule has 0 bridgehead atoms. The quantitative estimate of drug-likeness (QED) is 0.800. The molecule has 0 radical (unpaired) electrons. The van der Waals surface area contributed by atoms with Gasteiger partial charge in [-0.25, -0.2) is 8.78 Å². The van der Waals surface area contributed by atoms with E-state index in [1.54, 1.807) is 0 Å². The molecular weight excluding hydrogens is 240 g/mol. The van der Waals surface area contributed by atoms with Crippen LogP contribution in [0.25, 0.3) is 0 Å². The van der Waals surface area contributed by atoms with Gasteiger partial charge >= 0.3 is 0 Å². The lowest BCUT2D eigenvalue weighted by Crippen LogP contribution is -2.59. The predicted octanol–water partition coefficient (Wildman–Crippen LogP) is 0.933. The number of nitrogens with two attached hydrogens (primary N) is 1. The van der Waals surface area contributed by atoms with Crippen molar-refractivity contribution in [3.05, 3.63) is 29.3 Å². The second kappa shape index (κ2) is 4.53. The van der Waals surface area contributed by atoms with Gasteiger partial charge in [0, 0.05) is 25.2 Å². The maximum Gasteiger partial charge on any atom is 0.257 e. The molecule has 4 nitrogen and oxygen atoms in total. The minimum atomic E-state index is -0.875. The first-order chi connectivity index (χ1) is 8.40. The van der Waals surface area contributed by atoms with Crippen LogP contribution in [0, 0.1) is 11.6 Å². The van der Waals surface area contributed by atoms with E-state index in [0.717, 1.165) is 6.07 Å². The van der Waals surface area contributed by atoms with Crippen LogP contribution < -0.4 is 5.73 Å². The van der Waals surface area contributed by atoms with Crippen molar-refractivity contribution >= 4 is 11.6 Å². The largest absolute Gasteiger partial charge is 0.396 e. The Bertz CT molecular complexity index is 484. The van der Waals surface area contributed by atoms with Crippen molar-refractivity contribution in [2.75, 3.05) is 32.9 Å². The molecule has 18 heavy (non-hydrogen) atoms. The molecule has 1 saturated heterocycles. The lowest BCUT2D eigenvalue weighted by atomic mass is 10.0. The smallest absolute Gasteiger partial charge is 0.257 e. The summed E-state index contributed by atoms with van der Waals surface area (Å²) in [7, 11) is 3.84. The zero-order valence-electron chi connectivity index (χ0n) is 10.3. The Morgan fingerprint density at radius 2 is 1.94 bits per heavy atom. The van der Waals surface area contributed by atoms with Crippen LogP contribution in [0.15, 0.2) is 12.1 Å². The molecule has 0 atom stereocenters. The van der Waals surface area contributed by atoms with Gasteiger partial charge in [-0.3, -0.25) is 4.79 Å². The number of benzene rings is 1. The van der Waals surface area contributed by atoms with Crippen molar-refractivity contribution in [3.63, 3.8) is 0 Å². The molecule has 0 aromatic heterocycles. The van der Waals surface area contributed by atoms with Crippen LogP contribution in [0.4, 0.5) is 14.5 Å². The van der Waals surface area contributed by atoms with Gasteiger partial charge in [-0.1, -0.05) is 0 Å². The van der Waals surface area contributed by atoms with Crippen molar-refractivity contribution < 1.29 is 13.6 Å². The van der Waals surface area contributed by atoms with E-state index in [4.69, 9.17) is 5.73 Å². The third kappa shape index (κ3) is 2.15. The molecule has 98 valence electrons. The topological polar surface area (TPSA) is 49.6 Å². The van der Waals surface area contributed by atoms with Crippen LogP contribution in [-0.2, 0) is 0 Å². The number of amides is 1. The molecule has 1 amide bonds. The number of rotatable bonds is 2. The van der Waals surface area contributed by atoms with E-state index in [1.165, 1.54) is 4.90 Å². The predicted molar refractivity (Wildman–Crippen MR) is 64.1 cm³/mol. The molecule has 1 aliphatic rings. The van der Waals surface area contributed by atoms with Crippen LogP contribution in [-0.4, -0.2) is 48.9 Å². The Morgan fingerprint density at radius 3 is 2.50 bits per heavy atom. The highest BCUT2D eigenvalue weighted by atomic mass is 19.1. The standard InChI is InChI=1S/C12H15F2N3O/c1-16(2)7-5-17(6-7)12(18)8-3-11(15)10(14)4-9(8)13/h3-4,7H,5-6,15H2,1-2H3. The number of hydrogen-bond donors (Lipinski definition) is 1. The molecule has 1 heterocycles. The SMILES string of the molecule is CN(C)C1CN(C(=O)c2cc(N)c(F)cc2F)C1. The number of nitrogens with zero attached hydrogens (tertiary/aromatic N) is 2. The highest BCUT2D eigenvalue weighted by molar-refractivity contribution is 5.96. The Hall–Kier alpha value is -1.69. The number of hydrogen-bond acceptors (Lipinski definition) is 3. The number of likely N-dealkylation sites (tertiary alicyclic amines) is 1. The summed E-state index contributed by atoms with van der Waals surface area (Å²) in [5, 5.41) is 0. The summed E-state index contributed by atoms with van der Waals surface area (Å²) in [5.41, 5.74) is 4.95. The zero-order valence-corrected chi connectivity index (χ0v) is 10.3. The van der Waals surface area contributed by atoms with Crippen LogP contribution in [0.2, 0.25) is 0 Å². The highest BCUT2D eigenvalue weighted by Gasteiger charge is 2.33.